The number of phenolic OH excluding ortho intramolecular Hbond substituents is 1. The maximum atomic E-state index is 14.6. The zero-order chi connectivity index (χ0) is 44.5. The van der Waals surface area contributed by atoms with E-state index in [1.54, 1.807) is 36.5 Å². The number of aromatic hydroxyl groups is 1. The van der Waals surface area contributed by atoms with Gasteiger partial charge in [-0.15, -0.1) is 0 Å². The number of nitrogens with one attached hydrogen (secondary N) is 2. The number of aromatic nitrogens is 3. The Bertz CT molecular complexity index is 2400. The monoisotopic (exact) mass is 982 g/mol. The van der Waals surface area contributed by atoms with Crippen LogP contribution in [-0.4, -0.2) is 115 Å². The number of benzene rings is 2. The van der Waals surface area contributed by atoms with E-state index in [0.29, 0.717) is 44.3 Å². The van der Waals surface area contributed by atoms with Crippen LogP contribution >= 0.6 is 54.0 Å². The molecule has 0 saturated carbocycles. The third-order valence-electron chi connectivity index (χ3n) is 12.4. The number of ether oxygens (including phenoxy) is 1. The second-order valence-corrected chi connectivity index (χ2v) is 18.0. The van der Waals surface area contributed by atoms with E-state index in [4.69, 9.17) is 4.74 Å². The lowest BCUT2D eigenvalue weighted by Gasteiger charge is -2.37. The van der Waals surface area contributed by atoms with Crippen molar-refractivity contribution in [1.82, 2.24) is 40.1 Å². The van der Waals surface area contributed by atoms with Crippen LogP contribution < -0.4 is 10.7 Å². The molecule has 7 rings (SSSR count). The molecule has 3 aliphatic rings. The molecule has 2 saturated heterocycles. The van der Waals surface area contributed by atoms with Gasteiger partial charge >= 0.3 is 5.97 Å². The molecule has 66 heavy (non-hydrogen) atoms. The first-order valence-electron chi connectivity index (χ1n) is 21.6. The largest absolute Gasteiger partial charge is 0.508 e. The zero-order valence-corrected chi connectivity index (χ0v) is 42.5. The van der Waals surface area contributed by atoms with Crippen LogP contribution in [0.2, 0.25) is 0 Å². The summed E-state index contributed by atoms with van der Waals surface area (Å²) in [6.07, 6.45) is 8.30. The summed E-state index contributed by atoms with van der Waals surface area (Å²) in [5, 5.41) is 16.6. The summed E-state index contributed by atoms with van der Waals surface area (Å²) in [5.41, 5.74) is 8.62. The van der Waals surface area contributed by atoms with Crippen LogP contribution in [-0.2, 0) is 48.1 Å². The van der Waals surface area contributed by atoms with Crippen LogP contribution in [0.25, 0.3) is 33.3 Å². The molecule has 2 fully saturated rings. The van der Waals surface area contributed by atoms with E-state index in [1.807, 2.05) is 26.0 Å². The van der Waals surface area contributed by atoms with Gasteiger partial charge in [0.15, 0.2) is 0 Å². The molecule has 6 bridgehead atoms. The Labute approximate surface area is 415 Å². The fourth-order valence-corrected chi connectivity index (χ4v) is 9.36. The number of likely N-dealkylation sites (tertiary alicyclic amines) is 1. The predicted octanol–water partition coefficient (Wildman–Crippen LogP) is 5.11. The number of rotatable bonds is 8. The Kier molecular flexibility index (Phi) is 19.7. The van der Waals surface area contributed by atoms with Crippen LogP contribution in [0.5, 0.6) is 5.75 Å². The number of nitrogens with zero attached hydrogens (tertiary/aromatic N) is 6. The van der Waals surface area contributed by atoms with Crippen LogP contribution in [0.1, 0.15) is 65.0 Å². The third-order valence-corrected chi connectivity index (χ3v) is 12.4. The Hall–Kier alpha value is -4.69. The molecule has 0 aliphatic carbocycles. The average Bonchev–Trinajstić information content (AvgIpc) is 3.87. The topological polar surface area (TPSA) is 179 Å². The van der Waals surface area contributed by atoms with Crippen molar-refractivity contribution in [3.8, 4) is 28.1 Å². The fourth-order valence-electron chi connectivity index (χ4n) is 9.36. The van der Waals surface area contributed by atoms with Crippen molar-refractivity contribution in [3.63, 3.8) is 0 Å². The van der Waals surface area contributed by atoms with E-state index < -0.39 is 47.2 Å². The van der Waals surface area contributed by atoms with Gasteiger partial charge in [0.25, 0.3) is 5.91 Å². The van der Waals surface area contributed by atoms with E-state index in [0.717, 1.165) is 38.9 Å². The molecule has 0 radical (unpaired) electrons. The first-order chi connectivity index (χ1) is 29.6. The molecule has 15 nitrogen and oxygen atoms in total. The van der Waals surface area contributed by atoms with Crippen molar-refractivity contribution in [1.29, 1.82) is 0 Å². The highest BCUT2D eigenvalue weighted by atomic mass is 32.1. The second-order valence-electron chi connectivity index (χ2n) is 18.0. The summed E-state index contributed by atoms with van der Waals surface area (Å²) in [5.74, 6) is -2.84. The quantitative estimate of drug-likeness (QED) is 0.159. The summed E-state index contributed by atoms with van der Waals surface area (Å²) >= 11 is 0. The molecule has 0 spiro atoms. The van der Waals surface area contributed by atoms with Gasteiger partial charge < -0.3 is 29.5 Å². The number of hydrazine groups is 1. The van der Waals surface area contributed by atoms with Gasteiger partial charge in [0.2, 0.25) is 17.7 Å². The highest BCUT2D eigenvalue weighted by molar-refractivity contribution is 7.59. The number of fused-ring (bicyclic) bond motifs is 6. The van der Waals surface area contributed by atoms with Crippen LogP contribution in [0.15, 0.2) is 67.8 Å². The summed E-state index contributed by atoms with van der Waals surface area (Å²) in [4.78, 5) is 80.6. The number of phenols is 1. The molecular formula is C47H66N8O7S4. The normalized spacial score (nSPS) is 19.7. The highest BCUT2D eigenvalue weighted by Crippen LogP contribution is 2.40. The molecule has 4 atom stereocenters. The van der Waals surface area contributed by atoms with E-state index in [2.05, 4.69) is 64.8 Å². The Balaban J connectivity index is 0.00000289. The van der Waals surface area contributed by atoms with Gasteiger partial charge in [-0.05, 0) is 91.1 Å². The number of amides is 4. The van der Waals surface area contributed by atoms with Crippen molar-refractivity contribution >= 4 is 94.5 Å². The number of hydrogen-bond donors (Lipinski definition) is 3. The molecule has 5 heterocycles. The molecule has 0 unspecified atom stereocenters. The van der Waals surface area contributed by atoms with Crippen LogP contribution in [0, 0.1) is 17.3 Å². The van der Waals surface area contributed by atoms with Gasteiger partial charge in [-0.1, -0.05) is 46.4 Å². The summed E-state index contributed by atoms with van der Waals surface area (Å²) in [7, 11) is 1.58. The van der Waals surface area contributed by atoms with Crippen molar-refractivity contribution in [3.05, 3.63) is 78.9 Å². The summed E-state index contributed by atoms with van der Waals surface area (Å²) in [6.45, 7) is 15.1. The standard InChI is InChI=1S/C47H58N8O7.4H2S/c1-8-40(57)53-16-14-31(25-53)44(59)52(7)41(28(3)4)43(58)50-38-19-29-17-32(20-34(56)18-29)30-12-13-39-35(21-30)36(42(54(39)9-2)33-23-48-27-49-24-33)22-47(5,6)26-62-46(61)37-11-10-15-55(51-37)45(38)60;;;;/h8,12-13,17-18,20-21,23-24,27-28,31,37-38,41,51,56H,1,9-11,14-16,19,22,25-26H2,2-7H3,(H,50,58);4*1H2/t31-,37-,38-,41-;;;;/m0..../s1. The number of likely N-dealkylation sites (N-methyl/N-ethyl adjacent to an activating group) is 1. The molecule has 2 aromatic heterocycles. The third kappa shape index (κ3) is 11.9. The number of esters is 1. The van der Waals surface area contributed by atoms with E-state index in [9.17, 15) is 29.1 Å². The molecule has 19 heteroatoms. The number of carbonyl (C=O) groups excluding carboxylic acids is 5. The number of hydrogen-bond acceptors (Lipinski definition) is 10. The maximum absolute atomic E-state index is 14.6. The summed E-state index contributed by atoms with van der Waals surface area (Å²) < 4.78 is 8.28. The lowest BCUT2D eigenvalue weighted by molar-refractivity contribution is -0.155. The van der Waals surface area contributed by atoms with E-state index in [-0.39, 0.29) is 104 Å². The molecule has 4 amide bonds. The van der Waals surface area contributed by atoms with Gasteiger partial charge in [0.1, 0.15) is 30.2 Å². The molecule has 2 aromatic carbocycles. The Morgan fingerprint density at radius 3 is 2.39 bits per heavy atom. The van der Waals surface area contributed by atoms with E-state index in [1.165, 1.54) is 22.3 Å². The predicted molar refractivity (Wildman–Crippen MR) is 275 cm³/mol. The van der Waals surface area contributed by atoms with Gasteiger partial charge in [-0.2, -0.15) is 54.0 Å². The van der Waals surface area contributed by atoms with Crippen molar-refractivity contribution in [2.75, 3.05) is 33.3 Å². The van der Waals surface area contributed by atoms with Gasteiger partial charge in [0.05, 0.1) is 18.2 Å². The number of carbonyl (C=O) groups is 5. The first-order valence-corrected chi connectivity index (χ1v) is 21.6. The first kappa shape index (κ1) is 55.6. The van der Waals surface area contributed by atoms with Gasteiger partial charge in [-0.25, -0.2) is 15.4 Å². The lowest BCUT2D eigenvalue weighted by atomic mass is 9.84. The fraction of sp³-hybridized carbons (Fsp3) is 0.468. The average molecular weight is 983 g/mol. The van der Waals surface area contributed by atoms with Crippen molar-refractivity contribution in [2.24, 2.45) is 17.3 Å². The van der Waals surface area contributed by atoms with Crippen LogP contribution in [0.4, 0.5) is 0 Å². The Morgan fingerprint density at radius 1 is 1.02 bits per heavy atom. The smallest absolute Gasteiger partial charge is 0.324 e. The molecular weight excluding hydrogens is 917 g/mol. The van der Waals surface area contributed by atoms with Crippen LogP contribution in [0.3, 0.4) is 0 Å². The lowest BCUT2D eigenvalue weighted by Crippen LogP contribution is -2.62. The molecule has 360 valence electrons. The second kappa shape index (κ2) is 23.4. The van der Waals surface area contributed by atoms with Gasteiger partial charge in [0, 0.05) is 73.9 Å². The SMILES string of the molecule is C=CC(=O)N1CC[C@H](C(=O)N(C)[C@H](C(=O)N[C@H]2Cc3cc(O)cc(c3)-c3ccc4c(c3)c(c(-c3cncnc3)n4CC)CC(C)(C)COC(=O)[C@@H]3CCCN(N3)C2=O)C(C)C)C1.S.S.S.S. The Morgan fingerprint density at radius 2 is 1.73 bits per heavy atom. The summed E-state index contributed by atoms with van der Waals surface area (Å²) in [6, 6.07) is 8.45. The number of aryl methyl sites for hydroxylation is 1. The molecule has 3 N–H and O–H groups in total. The zero-order valence-electron chi connectivity index (χ0n) is 38.5. The molecule has 4 aromatic rings. The minimum Gasteiger partial charge on any atom is -0.508 e. The maximum Gasteiger partial charge on any atom is 0.324 e. The molecule has 3 aliphatic heterocycles. The van der Waals surface area contributed by atoms with E-state index >= 15 is 0 Å². The van der Waals surface area contributed by atoms with Crippen molar-refractivity contribution in [2.45, 2.75) is 91.4 Å². The van der Waals surface area contributed by atoms with Gasteiger partial charge in [-0.3, -0.25) is 29.0 Å². The number of cyclic esters (lactones) is 1. The minimum absolute atomic E-state index is 0. The minimum atomic E-state index is -1.16. The highest BCUT2D eigenvalue weighted by Gasteiger charge is 2.40. The van der Waals surface area contributed by atoms with Crippen molar-refractivity contribution < 1.29 is 33.8 Å².